The summed E-state index contributed by atoms with van der Waals surface area (Å²) in [5, 5.41) is 5.17. The predicted molar refractivity (Wildman–Crippen MR) is 81.0 cm³/mol. The molecule has 0 bridgehead atoms. The van der Waals surface area contributed by atoms with Crippen molar-refractivity contribution < 1.29 is 4.79 Å². The number of benzene rings is 1. The number of fused-ring (bicyclic) bond motifs is 1. The van der Waals surface area contributed by atoms with Crippen LogP contribution in [0, 0.1) is 5.92 Å². The highest BCUT2D eigenvalue weighted by molar-refractivity contribution is 6.00. The van der Waals surface area contributed by atoms with E-state index in [0.29, 0.717) is 11.6 Å². The number of anilines is 1. The smallest absolute Gasteiger partial charge is 0.272 e. The van der Waals surface area contributed by atoms with Crippen LogP contribution in [0.4, 0.5) is 5.82 Å². The van der Waals surface area contributed by atoms with E-state index in [1.54, 1.807) is 0 Å². The molecule has 2 aromatic rings. The van der Waals surface area contributed by atoms with Crippen molar-refractivity contribution in [3.05, 3.63) is 36.0 Å². The quantitative estimate of drug-likeness (QED) is 0.911. The van der Waals surface area contributed by atoms with Gasteiger partial charge in [0.1, 0.15) is 11.5 Å². The van der Waals surface area contributed by atoms with Crippen molar-refractivity contribution in [2.24, 2.45) is 5.92 Å². The number of aromatic nitrogens is 1. The van der Waals surface area contributed by atoms with E-state index in [2.05, 4.69) is 17.2 Å². The summed E-state index contributed by atoms with van der Waals surface area (Å²) >= 11 is 0. The summed E-state index contributed by atoms with van der Waals surface area (Å²) in [7, 11) is 1.83. The van der Waals surface area contributed by atoms with Gasteiger partial charge in [0.2, 0.25) is 0 Å². The van der Waals surface area contributed by atoms with Crippen LogP contribution < -0.4 is 5.32 Å². The number of hydrogen-bond acceptors (Lipinski definition) is 3. The second-order valence-electron chi connectivity index (χ2n) is 5.47. The van der Waals surface area contributed by atoms with Gasteiger partial charge in [-0.2, -0.15) is 0 Å². The first-order valence-corrected chi connectivity index (χ1v) is 7.06. The normalized spacial score (nSPS) is 18.5. The van der Waals surface area contributed by atoms with E-state index in [9.17, 15) is 4.79 Å². The lowest BCUT2D eigenvalue weighted by atomic mass is 10.1. The van der Waals surface area contributed by atoms with Crippen LogP contribution >= 0.6 is 0 Å². The first-order chi connectivity index (χ1) is 9.69. The number of carbonyl (C=O) groups is 1. The molecular formula is C16H19N3O. The Morgan fingerprint density at radius 3 is 2.90 bits per heavy atom. The number of rotatable bonds is 2. The van der Waals surface area contributed by atoms with Gasteiger partial charge in [-0.15, -0.1) is 0 Å². The number of nitrogens with zero attached hydrogens (tertiary/aromatic N) is 2. The van der Waals surface area contributed by atoms with Crippen molar-refractivity contribution >= 4 is 22.5 Å². The minimum absolute atomic E-state index is 0.0385. The Bertz CT molecular complexity index is 653. The van der Waals surface area contributed by atoms with Crippen LogP contribution in [-0.4, -0.2) is 35.9 Å². The van der Waals surface area contributed by atoms with Gasteiger partial charge >= 0.3 is 0 Å². The van der Waals surface area contributed by atoms with Gasteiger partial charge in [0.15, 0.2) is 0 Å². The molecule has 1 aliphatic rings. The van der Waals surface area contributed by atoms with Gasteiger partial charge in [0, 0.05) is 25.5 Å². The van der Waals surface area contributed by atoms with Crippen LogP contribution in [0.5, 0.6) is 0 Å². The Morgan fingerprint density at radius 2 is 2.20 bits per heavy atom. The highest BCUT2D eigenvalue weighted by atomic mass is 16.2. The Kier molecular flexibility index (Phi) is 3.30. The third-order valence-corrected chi connectivity index (χ3v) is 3.91. The Labute approximate surface area is 118 Å². The van der Waals surface area contributed by atoms with Crippen LogP contribution in [0.3, 0.4) is 0 Å². The van der Waals surface area contributed by atoms with E-state index in [0.717, 1.165) is 36.1 Å². The maximum Gasteiger partial charge on any atom is 0.272 e. The number of pyridine rings is 1. The molecular weight excluding hydrogens is 250 g/mol. The molecule has 1 aromatic carbocycles. The molecule has 4 heteroatoms. The number of nitrogens with one attached hydrogen (secondary N) is 1. The molecule has 104 valence electrons. The summed E-state index contributed by atoms with van der Waals surface area (Å²) in [4.78, 5) is 18.9. The van der Waals surface area contributed by atoms with Gasteiger partial charge < -0.3 is 10.2 Å². The molecule has 0 aliphatic carbocycles. The minimum atomic E-state index is 0.0385. The van der Waals surface area contributed by atoms with Gasteiger partial charge in [-0.3, -0.25) is 4.79 Å². The van der Waals surface area contributed by atoms with Crippen LogP contribution in [0.25, 0.3) is 10.8 Å². The SMILES string of the molecule is CNc1nc(C(=O)N2CCC(C)C2)cc2ccccc12. The fraction of sp³-hybridized carbons (Fsp3) is 0.375. The molecule has 1 saturated heterocycles. The fourth-order valence-corrected chi connectivity index (χ4v) is 2.78. The number of carbonyl (C=O) groups excluding carboxylic acids is 1. The summed E-state index contributed by atoms with van der Waals surface area (Å²) in [5.74, 6) is 1.39. The van der Waals surface area contributed by atoms with Gasteiger partial charge in [0.25, 0.3) is 5.91 Å². The molecule has 1 aliphatic heterocycles. The van der Waals surface area contributed by atoms with E-state index >= 15 is 0 Å². The lowest BCUT2D eigenvalue weighted by Crippen LogP contribution is -2.29. The van der Waals surface area contributed by atoms with Crippen molar-refractivity contribution in [1.29, 1.82) is 0 Å². The van der Waals surface area contributed by atoms with E-state index in [1.807, 2.05) is 42.3 Å². The Morgan fingerprint density at radius 1 is 1.40 bits per heavy atom. The molecule has 0 spiro atoms. The molecule has 1 amide bonds. The zero-order valence-corrected chi connectivity index (χ0v) is 11.9. The van der Waals surface area contributed by atoms with Crippen molar-refractivity contribution in [3.8, 4) is 0 Å². The van der Waals surface area contributed by atoms with Crippen LogP contribution in [0.1, 0.15) is 23.8 Å². The fourth-order valence-electron chi connectivity index (χ4n) is 2.78. The number of likely N-dealkylation sites (tertiary alicyclic amines) is 1. The largest absolute Gasteiger partial charge is 0.373 e. The molecule has 2 heterocycles. The molecule has 1 atom stereocenters. The van der Waals surface area contributed by atoms with Crippen LogP contribution in [0.2, 0.25) is 0 Å². The standard InChI is InChI=1S/C16H19N3O/c1-11-7-8-19(10-11)16(20)14-9-12-5-3-4-6-13(12)15(17-2)18-14/h3-6,9,11H,7-8,10H2,1-2H3,(H,17,18). The average molecular weight is 269 g/mol. The van der Waals surface area contributed by atoms with E-state index in [1.165, 1.54) is 0 Å². The third kappa shape index (κ3) is 2.22. The van der Waals surface area contributed by atoms with Crippen molar-refractivity contribution in [3.63, 3.8) is 0 Å². The third-order valence-electron chi connectivity index (χ3n) is 3.91. The summed E-state index contributed by atoms with van der Waals surface area (Å²) in [6.07, 6.45) is 1.08. The maximum atomic E-state index is 12.5. The highest BCUT2D eigenvalue weighted by Crippen LogP contribution is 2.24. The molecule has 0 radical (unpaired) electrons. The molecule has 20 heavy (non-hydrogen) atoms. The number of amides is 1. The van der Waals surface area contributed by atoms with Crippen LogP contribution in [0.15, 0.2) is 30.3 Å². The molecule has 3 rings (SSSR count). The first-order valence-electron chi connectivity index (χ1n) is 7.06. The molecule has 4 nitrogen and oxygen atoms in total. The lowest BCUT2D eigenvalue weighted by Gasteiger charge is -2.16. The van der Waals surface area contributed by atoms with Gasteiger partial charge in [-0.05, 0) is 23.8 Å². The summed E-state index contributed by atoms with van der Waals surface area (Å²) in [6, 6.07) is 9.88. The summed E-state index contributed by atoms with van der Waals surface area (Å²) in [5.41, 5.74) is 0.530. The molecule has 1 aromatic heterocycles. The van der Waals surface area contributed by atoms with E-state index < -0.39 is 0 Å². The molecule has 0 saturated carbocycles. The zero-order valence-electron chi connectivity index (χ0n) is 11.9. The summed E-state index contributed by atoms with van der Waals surface area (Å²) < 4.78 is 0. The van der Waals surface area contributed by atoms with E-state index in [-0.39, 0.29) is 5.91 Å². The minimum Gasteiger partial charge on any atom is -0.373 e. The second kappa shape index (κ2) is 5.12. The molecule has 1 N–H and O–H groups in total. The monoisotopic (exact) mass is 269 g/mol. The Balaban J connectivity index is 2.01. The van der Waals surface area contributed by atoms with Crippen molar-refractivity contribution in [2.45, 2.75) is 13.3 Å². The van der Waals surface area contributed by atoms with Crippen LogP contribution in [-0.2, 0) is 0 Å². The zero-order chi connectivity index (χ0) is 14.1. The first kappa shape index (κ1) is 12.9. The Hall–Kier alpha value is -2.10. The molecule has 1 fully saturated rings. The predicted octanol–water partition coefficient (Wildman–Crippen LogP) is 2.76. The number of hydrogen-bond donors (Lipinski definition) is 1. The van der Waals surface area contributed by atoms with Crippen molar-refractivity contribution in [2.75, 3.05) is 25.5 Å². The summed E-state index contributed by atoms with van der Waals surface area (Å²) in [6.45, 7) is 3.85. The average Bonchev–Trinajstić information content (AvgIpc) is 2.91. The highest BCUT2D eigenvalue weighted by Gasteiger charge is 2.25. The topological polar surface area (TPSA) is 45.2 Å². The van der Waals surface area contributed by atoms with Gasteiger partial charge in [0.05, 0.1) is 0 Å². The van der Waals surface area contributed by atoms with E-state index in [4.69, 9.17) is 0 Å². The van der Waals surface area contributed by atoms with Gasteiger partial charge in [-0.25, -0.2) is 4.98 Å². The lowest BCUT2D eigenvalue weighted by molar-refractivity contribution is 0.0782. The second-order valence-corrected chi connectivity index (χ2v) is 5.47. The van der Waals surface area contributed by atoms with Crippen molar-refractivity contribution in [1.82, 2.24) is 9.88 Å². The van der Waals surface area contributed by atoms with Gasteiger partial charge in [-0.1, -0.05) is 31.2 Å². The molecule has 1 unspecified atom stereocenters. The maximum absolute atomic E-state index is 12.5.